The number of anilines is 2. The molecule has 0 radical (unpaired) electrons. The number of hydrogen-bond acceptors (Lipinski definition) is 4. The van der Waals surface area contributed by atoms with Gasteiger partial charge in [0, 0.05) is 24.5 Å². The number of hydrogen-bond donors (Lipinski definition) is 1. The molecule has 0 aromatic heterocycles. The SMILES string of the molecule is Cc1cc(N2CCOCC2)ccc1NC(=O)CCOc1ccccc1F. The van der Waals surface area contributed by atoms with Crippen LogP contribution in [0.4, 0.5) is 15.8 Å². The molecular weight excluding hydrogens is 335 g/mol. The molecule has 26 heavy (non-hydrogen) atoms. The third kappa shape index (κ3) is 4.73. The fourth-order valence-electron chi connectivity index (χ4n) is 2.83. The highest BCUT2D eigenvalue weighted by Crippen LogP contribution is 2.23. The van der Waals surface area contributed by atoms with E-state index in [9.17, 15) is 9.18 Å². The Bertz CT molecular complexity index is 760. The summed E-state index contributed by atoms with van der Waals surface area (Å²) in [7, 11) is 0. The lowest BCUT2D eigenvalue weighted by Gasteiger charge is -2.29. The van der Waals surface area contributed by atoms with Crippen molar-refractivity contribution in [1.29, 1.82) is 0 Å². The molecule has 0 unspecified atom stereocenters. The average molecular weight is 358 g/mol. The van der Waals surface area contributed by atoms with Gasteiger partial charge >= 0.3 is 0 Å². The fraction of sp³-hybridized carbons (Fsp3) is 0.350. The van der Waals surface area contributed by atoms with Crippen LogP contribution in [0.15, 0.2) is 42.5 Å². The third-order valence-electron chi connectivity index (χ3n) is 4.28. The van der Waals surface area contributed by atoms with Gasteiger partial charge in [-0.3, -0.25) is 4.79 Å². The van der Waals surface area contributed by atoms with E-state index in [2.05, 4.69) is 16.3 Å². The third-order valence-corrected chi connectivity index (χ3v) is 4.28. The minimum atomic E-state index is -0.428. The van der Waals surface area contributed by atoms with Crippen LogP contribution in [-0.2, 0) is 9.53 Å². The first-order valence-electron chi connectivity index (χ1n) is 8.74. The molecule has 0 spiro atoms. The highest BCUT2D eigenvalue weighted by Gasteiger charge is 2.13. The van der Waals surface area contributed by atoms with Crippen molar-refractivity contribution >= 4 is 17.3 Å². The Morgan fingerprint density at radius 1 is 1.23 bits per heavy atom. The molecule has 2 aromatic rings. The van der Waals surface area contributed by atoms with Crippen molar-refractivity contribution in [2.75, 3.05) is 43.1 Å². The predicted octanol–water partition coefficient (Wildman–Crippen LogP) is 3.38. The van der Waals surface area contributed by atoms with Crippen LogP contribution in [0.25, 0.3) is 0 Å². The Kier molecular flexibility index (Phi) is 6.07. The molecular formula is C20H23FN2O3. The van der Waals surface area contributed by atoms with E-state index in [0.29, 0.717) is 0 Å². The Morgan fingerprint density at radius 3 is 2.73 bits per heavy atom. The maximum atomic E-state index is 13.5. The molecule has 3 rings (SSSR count). The van der Waals surface area contributed by atoms with Gasteiger partial charge in [0.25, 0.3) is 0 Å². The molecule has 0 atom stereocenters. The lowest BCUT2D eigenvalue weighted by molar-refractivity contribution is -0.116. The molecule has 1 aliphatic heterocycles. The second kappa shape index (κ2) is 8.67. The first kappa shape index (κ1) is 18.2. The number of carbonyl (C=O) groups excluding carboxylic acids is 1. The summed E-state index contributed by atoms with van der Waals surface area (Å²) in [6, 6.07) is 12.1. The number of amides is 1. The van der Waals surface area contributed by atoms with Crippen molar-refractivity contribution < 1.29 is 18.7 Å². The summed E-state index contributed by atoms with van der Waals surface area (Å²) in [6.45, 7) is 5.31. The molecule has 1 fully saturated rings. The van der Waals surface area contributed by atoms with Gasteiger partial charge in [0.05, 0.1) is 26.2 Å². The molecule has 1 saturated heterocycles. The zero-order chi connectivity index (χ0) is 18.4. The smallest absolute Gasteiger partial charge is 0.227 e. The Labute approximate surface area is 152 Å². The van der Waals surface area contributed by atoms with Gasteiger partial charge in [-0.25, -0.2) is 4.39 Å². The van der Waals surface area contributed by atoms with Crippen LogP contribution < -0.4 is 15.0 Å². The summed E-state index contributed by atoms with van der Waals surface area (Å²) in [5, 5.41) is 2.89. The monoisotopic (exact) mass is 358 g/mol. The zero-order valence-electron chi connectivity index (χ0n) is 14.8. The molecule has 1 heterocycles. The van der Waals surface area contributed by atoms with Crippen LogP contribution >= 0.6 is 0 Å². The second-order valence-electron chi connectivity index (χ2n) is 6.18. The van der Waals surface area contributed by atoms with Gasteiger partial charge in [-0.05, 0) is 42.8 Å². The first-order valence-corrected chi connectivity index (χ1v) is 8.74. The molecule has 6 heteroatoms. The number of carbonyl (C=O) groups is 1. The maximum absolute atomic E-state index is 13.5. The van der Waals surface area contributed by atoms with Crippen LogP contribution in [0.2, 0.25) is 0 Å². The van der Waals surface area contributed by atoms with Crippen LogP contribution in [-0.4, -0.2) is 38.8 Å². The highest BCUT2D eigenvalue weighted by molar-refractivity contribution is 5.91. The van der Waals surface area contributed by atoms with E-state index in [1.165, 1.54) is 6.07 Å². The number of para-hydroxylation sites is 1. The lowest BCUT2D eigenvalue weighted by atomic mass is 10.1. The summed E-state index contributed by atoms with van der Waals surface area (Å²) in [5.41, 5.74) is 2.90. The van der Waals surface area contributed by atoms with Crippen molar-refractivity contribution in [1.82, 2.24) is 0 Å². The largest absolute Gasteiger partial charge is 0.490 e. The molecule has 1 N–H and O–H groups in total. The molecule has 138 valence electrons. The van der Waals surface area contributed by atoms with Crippen LogP contribution in [0, 0.1) is 12.7 Å². The van der Waals surface area contributed by atoms with E-state index in [1.807, 2.05) is 19.1 Å². The quantitative estimate of drug-likeness (QED) is 0.860. The minimum absolute atomic E-state index is 0.123. The van der Waals surface area contributed by atoms with E-state index >= 15 is 0 Å². The van der Waals surface area contributed by atoms with E-state index in [4.69, 9.17) is 9.47 Å². The van der Waals surface area contributed by atoms with E-state index in [-0.39, 0.29) is 24.7 Å². The van der Waals surface area contributed by atoms with Gasteiger partial charge in [-0.2, -0.15) is 0 Å². The zero-order valence-corrected chi connectivity index (χ0v) is 14.8. The van der Waals surface area contributed by atoms with Gasteiger partial charge < -0.3 is 19.7 Å². The topological polar surface area (TPSA) is 50.8 Å². The van der Waals surface area contributed by atoms with E-state index in [1.54, 1.807) is 18.2 Å². The standard InChI is InChI=1S/C20H23FN2O3/c1-15-14-16(23-9-12-25-13-10-23)6-7-18(15)22-20(24)8-11-26-19-5-3-2-4-17(19)21/h2-7,14H,8-13H2,1H3,(H,22,24). The number of nitrogens with one attached hydrogen (secondary N) is 1. The van der Waals surface area contributed by atoms with Gasteiger partial charge in [-0.15, -0.1) is 0 Å². The van der Waals surface area contributed by atoms with Crippen molar-refractivity contribution in [2.45, 2.75) is 13.3 Å². The summed E-state index contributed by atoms with van der Waals surface area (Å²) in [4.78, 5) is 14.4. The van der Waals surface area contributed by atoms with Crippen LogP contribution in [0.1, 0.15) is 12.0 Å². The average Bonchev–Trinajstić information content (AvgIpc) is 2.66. The number of morpholine rings is 1. The van der Waals surface area contributed by atoms with Crippen molar-refractivity contribution in [3.05, 3.63) is 53.8 Å². The number of ether oxygens (including phenoxy) is 2. The van der Waals surface area contributed by atoms with Gasteiger partial charge in [0.15, 0.2) is 11.6 Å². The summed E-state index contributed by atoms with van der Waals surface area (Å²) in [6.07, 6.45) is 0.152. The van der Waals surface area contributed by atoms with Crippen molar-refractivity contribution in [2.24, 2.45) is 0 Å². The number of halogens is 1. The van der Waals surface area contributed by atoms with Crippen LogP contribution in [0.3, 0.4) is 0 Å². The summed E-state index contributed by atoms with van der Waals surface area (Å²) in [5.74, 6) is -0.433. The minimum Gasteiger partial charge on any atom is -0.490 e. The Hall–Kier alpha value is -2.60. The predicted molar refractivity (Wildman–Crippen MR) is 99.4 cm³/mol. The number of benzene rings is 2. The fourth-order valence-corrected chi connectivity index (χ4v) is 2.83. The number of aryl methyl sites for hydroxylation is 1. The molecule has 0 bridgehead atoms. The molecule has 0 saturated carbocycles. The van der Waals surface area contributed by atoms with Crippen LogP contribution in [0.5, 0.6) is 5.75 Å². The molecule has 1 aliphatic rings. The molecule has 5 nitrogen and oxygen atoms in total. The first-order chi connectivity index (χ1) is 12.6. The summed E-state index contributed by atoms with van der Waals surface area (Å²) >= 11 is 0. The van der Waals surface area contributed by atoms with Gasteiger partial charge in [-0.1, -0.05) is 12.1 Å². The normalized spacial score (nSPS) is 14.2. The summed E-state index contributed by atoms with van der Waals surface area (Å²) < 4.78 is 24.2. The number of nitrogens with zero attached hydrogens (tertiary/aromatic N) is 1. The van der Waals surface area contributed by atoms with Gasteiger partial charge in [0.2, 0.25) is 5.91 Å². The second-order valence-corrected chi connectivity index (χ2v) is 6.18. The van der Waals surface area contributed by atoms with Crippen molar-refractivity contribution in [3.8, 4) is 5.75 Å². The Morgan fingerprint density at radius 2 is 2.00 bits per heavy atom. The Balaban J connectivity index is 1.51. The van der Waals surface area contributed by atoms with Crippen molar-refractivity contribution in [3.63, 3.8) is 0 Å². The van der Waals surface area contributed by atoms with E-state index < -0.39 is 5.82 Å². The van der Waals surface area contributed by atoms with E-state index in [0.717, 1.165) is 43.2 Å². The molecule has 2 aromatic carbocycles. The number of rotatable bonds is 6. The highest BCUT2D eigenvalue weighted by atomic mass is 19.1. The van der Waals surface area contributed by atoms with Gasteiger partial charge in [0.1, 0.15) is 0 Å². The lowest BCUT2D eigenvalue weighted by Crippen LogP contribution is -2.36. The molecule has 1 amide bonds. The molecule has 0 aliphatic carbocycles. The maximum Gasteiger partial charge on any atom is 0.227 e.